The van der Waals surface area contributed by atoms with Crippen LogP contribution < -0.4 is 10.6 Å². The molecule has 1 aromatic heterocycles. The third-order valence-corrected chi connectivity index (χ3v) is 3.44. The summed E-state index contributed by atoms with van der Waals surface area (Å²) in [5.74, 6) is 1.36. The summed E-state index contributed by atoms with van der Waals surface area (Å²) in [4.78, 5) is 4.52. The zero-order valence-corrected chi connectivity index (χ0v) is 13.8. The van der Waals surface area contributed by atoms with Crippen LogP contribution in [0.5, 0.6) is 0 Å². The standard InChI is InChI=1S/C16H23FN6/c1-4-18-16(20-10-15-22-21-11-23(15)5-2)19-9-13-6-7-14(17)12(3)8-13/h6-8,11H,4-5,9-10H2,1-3H3,(H2,18,19,20). The lowest BCUT2D eigenvalue weighted by Gasteiger charge is -2.11. The van der Waals surface area contributed by atoms with Gasteiger partial charge in [-0.3, -0.25) is 0 Å². The van der Waals surface area contributed by atoms with Gasteiger partial charge in [-0.25, -0.2) is 9.38 Å². The van der Waals surface area contributed by atoms with E-state index in [0.29, 0.717) is 24.6 Å². The van der Waals surface area contributed by atoms with Crippen LogP contribution in [0.1, 0.15) is 30.8 Å². The van der Waals surface area contributed by atoms with Gasteiger partial charge >= 0.3 is 0 Å². The second kappa shape index (κ2) is 8.26. The van der Waals surface area contributed by atoms with E-state index in [1.54, 1.807) is 19.3 Å². The largest absolute Gasteiger partial charge is 0.357 e. The molecule has 0 aliphatic rings. The number of benzene rings is 1. The van der Waals surface area contributed by atoms with Crippen LogP contribution in [-0.2, 0) is 19.6 Å². The van der Waals surface area contributed by atoms with Crippen LogP contribution >= 0.6 is 0 Å². The molecule has 2 N–H and O–H groups in total. The minimum absolute atomic E-state index is 0.193. The fourth-order valence-corrected chi connectivity index (χ4v) is 2.16. The minimum atomic E-state index is -0.193. The molecule has 23 heavy (non-hydrogen) atoms. The van der Waals surface area contributed by atoms with Gasteiger partial charge in [0, 0.05) is 13.1 Å². The van der Waals surface area contributed by atoms with Gasteiger partial charge in [0.2, 0.25) is 0 Å². The Balaban J connectivity index is 2.00. The zero-order chi connectivity index (χ0) is 16.7. The van der Waals surface area contributed by atoms with Crippen molar-refractivity contribution in [2.45, 2.75) is 40.4 Å². The number of guanidine groups is 1. The van der Waals surface area contributed by atoms with E-state index in [-0.39, 0.29) is 5.82 Å². The number of halogens is 1. The maximum Gasteiger partial charge on any atom is 0.191 e. The van der Waals surface area contributed by atoms with Crippen LogP contribution in [0.3, 0.4) is 0 Å². The summed E-state index contributed by atoms with van der Waals surface area (Å²) in [6.45, 7) is 8.42. The Bertz CT molecular complexity index is 664. The Labute approximate surface area is 135 Å². The molecule has 0 aliphatic heterocycles. The topological polar surface area (TPSA) is 67.1 Å². The van der Waals surface area contributed by atoms with E-state index in [1.807, 2.05) is 24.5 Å². The van der Waals surface area contributed by atoms with Gasteiger partial charge in [0.15, 0.2) is 11.8 Å². The van der Waals surface area contributed by atoms with Crippen LogP contribution in [0.15, 0.2) is 29.5 Å². The van der Waals surface area contributed by atoms with Crippen LogP contribution in [0.4, 0.5) is 4.39 Å². The first-order valence-corrected chi connectivity index (χ1v) is 7.78. The Morgan fingerprint density at radius 1 is 1.30 bits per heavy atom. The number of aryl methyl sites for hydroxylation is 2. The molecule has 0 spiro atoms. The fraction of sp³-hybridized carbons (Fsp3) is 0.438. The summed E-state index contributed by atoms with van der Waals surface area (Å²) in [7, 11) is 0. The normalized spacial score (nSPS) is 11.6. The summed E-state index contributed by atoms with van der Waals surface area (Å²) in [5, 5.41) is 14.4. The lowest BCUT2D eigenvalue weighted by atomic mass is 10.1. The second-order valence-electron chi connectivity index (χ2n) is 5.17. The molecule has 0 aliphatic carbocycles. The molecule has 0 atom stereocenters. The molecule has 0 saturated heterocycles. The van der Waals surface area contributed by atoms with Crippen molar-refractivity contribution in [3.8, 4) is 0 Å². The third kappa shape index (κ3) is 4.77. The maximum absolute atomic E-state index is 13.3. The highest BCUT2D eigenvalue weighted by atomic mass is 19.1. The molecule has 0 fully saturated rings. The second-order valence-corrected chi connectivity index (χ2v) is 5.17. The van der Waals surface area contributed by atoms with Crippen molar-refractivity contribution in [2.24, 2.45) is 4.99 Å². The fourth-order valence-electron chi connectivity index (χ4n) is 2.16. The molecule has 0 bridgehead atoms. The number of aromatic nitrogens is 3. The van der Waals surface area contributed by atoms with Crippen LogP contribution in [0.25, 0.3) is 0 Å². The molecule has 1 aromatic carbocycles. The van der Waals surface area contributed by atoms with Crippen molar-refractivity contribution in [3.63, 3.8) is 0 Å². The number of nitrogens with zero attached hydrogens (tertiary/aromatic N) is 4. The lowest BCUT2D eigenvalue weighted by Crippen LogP contribution is -2.37. The molecule has 0 radical (unpaired) electrons. The van der Waals surface area contributed by atoms with Crippen molar-refractivity contribution in [3.05, 3.63) is 47.3 Å². The molecule has 7 heteroatoms. The summed E-state index contributed by atoms with van der Waals surface area (Å²) in [5.41, 5.74) is 1.60. The van der Waals surface area contributed by atoms with Gasteiger partial charge in [-0.15, -0.1) is 10.2 Å². The SMILES string of the molecule is CCNC(=NCc1ccc(F)c(C)c1)NCc1nncn1CC. The Morgan fingerprint density at radius 2 is 2.13 bits per heavy atom. The third-order valence-electron chi connectivity index (χ3n) is 3.44. The number of nitrogens with one attached hydrogen (secondary N) is 2. The van der Waals surface area contributed by atoms with E-state index in [0.717, 1.165) is 24.5 Å². The van der Waals surface area contributed by atoms with E-state index in [1.165, 1.54) is 6.07 Å². The van der Waals surface area contributed by atoms with Gasteiger partial charge in [-0.05, 0) is 38.0 Å². The average Bonchev–Trinajstić information content (AvgIpc) is 3.00. The first-order chi connectivity index (χ1) is 11.1. The Morgan fingerprint density at radius 3 is 2.83 bits per heavy atom. The lowest BCUT2D eigenvalue weighted by molar-refractivity contribution is 0.617. The van der Waals surface area contributed by atoms with Crippen LogP contribution in [0.2, 0.25) is 0 Å². The molecular formula is C16H23FN6. The summed E-state index contributed by atoms with van der Waals surface area (Å²) in [6, 6.07) is 5.05. The van der Waals surface area contributed by atoms with Gasteiger partial charge in [0.25, 0.3) is 0 Å². The molecule has 2 aromatic rings. The van der Waals surface area contributed by atoms with Crippen LogP contribution in [0, 0.1) is 12.7 Å². The zero-order valence-electron chi connectivity index (χ0n) is 13.8. The van der Waals surface area contributed by atoms with Crippen molar-refractivity contribution in [1.82, 2.24) is 25.4 Å². The first kappa shape index (κ1) is 16.9. The molecule has 2 rings (SSSR count). The Hall–Kier alpha value is -2.44. The van der Waals surface area contributed by atoms with E-state index in [9.17, 15) is 4.39 Å². The predicted octanol–water partition coefficient (Wildman–Crippen LogP) is 2.00. The van der Waals surface area contributed by atoms with Gasteiger partial charge in [0.1, 0.15) is 12.1 Å². The molecule has 6 nitrogen and oxygen atoms in total. The van der Waals surface area contributed by atoms with Gasteiger partial charge in [-0.1, -0.05) is 12.1 Å². The van der Waals surface area contributed by atoms with Crippen molar-refractivity contribution < 1.29 is 4.39 Å². The summed E-state index contributed by atoms with van der Waals surface area (Å²) < 4.78 is 15.3. The van der Waals surface area contributed by atoms with Gasteiger partial charge in [0.05, 0.1) is 13.1 Å². The minimum Gasteiger partial charge on any atom is -0.357 e. The van der Waals surface area contributed by atoms with Gasteiger partial charge < -0.3 is 15.2 Å². The van der Waals surface area contributed by atoms with E-state index < -0.39 is 0 Å². The average molecular weight is 318 g/mol. The quantitative estimate of drug-likeness (QED) is 0.631. The number of hydrogen-bond donors (Lipinski definition) is 2. The Kier molecular flexibility index (Phi) is 6.08. The molecule has 0 amide bonds. The molecular weight excluding hydrogens is 295 g/mol. The smallest absolute Gasteiger partial charge is 0.191 e. The van der Waals surface area contributed by atoms with Gasteiger partial charge in [-0.2, -0.15) is 0 Å². The van der Waals surface area contributed by atoms with Crippen molar-refractivity contribution in [2.75, 3.05) is 6.54 Å². The van der Waals surface area contributed by atoms with Crippen molar-refractivity contribution in [1.29, 1.82) is 0 Å². The predicted molar refractivity (Wildman–Crippen MR) is 88.5 cm³/mol. The van der Waals surface area contributed by atoms with Crippen molar-refractivity contribution >= 4 is 5.96 Å². The highest BCUT2D eigenvalue weighted by molar-refractivity contribution is 5.79. The number of aliphatic imine (C=N–C) groups is 1. The summed E-state index contributed by atoms with van der Waals surface area (Å²) in [6.07, 6.45) is 1.71. The molecule has 1 heterocycles. The molecule has 0 unspecified atom stereocenters. The number of hydrogen-bond acceptors (Lipinski definition) is 3. The molecule has 0 saturated carbocycles. The first-order valence-electron chi connectivity index (χ1n) is 7.78. The highest BCUT2D eigenvalue weighted by Crippen LogP contribution is 2.10. The van der Waals surface area contributed by atoms with Crippen LogP contribution in [-0.4, -0.2) is 27.3 Å². The monoisotopic (exact) mass is 318 g/mol. The van der Waals surface area contributed by atoms with E-state index in [2.05, 4.69) is 25.8 Å². The maximum atomic E-state index is 13.3. The molecule has 124 valence electrons. The number of rotatable bonds is 6. The van der Waals surface area contributed by atoms with E-state index in [4.69, 9.17) is 0 Å². The summed E-state index contributed by atoms with van der Waals surface area (Å²) >= 11 is 0. The highest BCUT2D eigenvalue weighted by Gasteiger charge is 2.04. The van der Waals surface area contributed by atoms with E-state index >= 15 is 0 Å².